The number of allylic oxidation sites excluding steroid dienone is 2. The second kappa shape index (κ2) is 4.74. The normalized spacial score (nSPS) is 13.4. The molecule has 0 saturated heterocycles. The van der Waals surface area contributed by atoms with Gasteiger partial charge in [0.25, 0.3) is 5.89 Å². The number of aromatic nitrogens is 3. The monoisotopic (exact) mass is 219 g/mol. The highest BCUT2D eigenvalue weighted by Crippen LogP contribution is 2.24. The van der Waals surface area contributed by atoms with Crippen LogP contribution in [-0.2, 0) is 0 Å². The summed E-state index contributed by atoms with van der Waals surface area (Å²) in [5.41, 5.74) is 0. The van der Waals surface area contributed by atoms with E-state index >= 15 is 0 Å². The lowest BCUT2D eigenvalue weighted by molar-refractivity contribution is 0.459. The first-order valence-corrected chi connectivity index (χ1v) is 5.20. The third kappa shape index (κ3) is 2.03. The fraction of sp³-hybridized carbons (Fsp3) is 0.364. The number of rotatable bonds is 4. The molecule has 0 aliphatic heterocycles. The molecule has 0 saturated carbocycles. The Bertz CT molecular complexity index is 459. The van der Waals surface area contributed by atoms with Gasteiger partial charge in [0.2, 0.25) is 18.0 Å². The van der Waals surface area contributed by atoms with E-state index in [0.717, 1.165) is 6.42 Å². The van der Waals surface area contributed by atoms with E-state index in [-0.39, 0.29) is 5.92 Å². The van der Waals surface area contributed by atoms with Crippen molar-refractivity contribution in [2.75, 3.05) is 0 Å². The van der Waals surface area contributed by atoms with E-state index in [2.05, 4.69) is 28.2 Å². The summed E-state index contributed by atoms with van der Waals surface area (Å²) in [5.74, 6) is 1.74. The molecule has 0 aliphatic carbocycles. The number of nitrogens with zero attached hydrogens (tertiary/aromatic N) is 3. The van der Waals surface area contributed by atoms with Crippen LogP contribution in [0.15, 0.2) is 33.6 Å². The zero-order valence-electron chi connectivity index (χ0n) is 9.25. The zero-order valence-corrected chi connectivity index (χ0v) is 9.25. The highest BCUT2D eigenvalue weighted by Gasteiger charge is 2.15. The van der Waals surface area contributed by atoms with Gasteiger partial charge < -0.3 is 8.83 Å². The second-order valence-corrected chi connectivity index (χ2v) is 3.35. The fourth-order valence-electron chi connectivity index (χ4n) is 1.46. The molecule has 0 aliphatic rings. The van der Waals surface area contributed by atoms with E-state index < -0.39 is 0 Å². The van der Waals surface area contributed by atoms with Gasteiger partial charge in [-0.25, -0.2) is 4.98 Å². The molecule has 1 unspecified atom stereocenters. The molecule has 2 aromatic heterocycles. The molecule has 2 rings (SSSR count). The van der Waals surface area contributed by atoms with Gasteiger partial charge in [0, 0.05) is 0 Å². The lowest BCUT2D eigenvalue weighted by Crippen LogP contribution is -1.92. The summed E-state index contributed by atoms with van der Waals surface area (Å²) < 4.78 is 10.6. The summed E-state index contributed by atoms with van der Waals surface area (Å²) in [7, 11) is 0. The average Bonchev–Trinajstić information content (AvgIpc) is 2.95. The molecular weight excluding hydrogens is 206 g/mol. The summed E-state index contributed by atoms with van der Waals surface area (Å²) in [6, 6.07) is 0. The SMILES string of the molecule is C/C=C\C(CC)c1ncc(-c2nnco2)o1. The van der Waals surface area contributed by atoms with Crippen molar-refractivity contribution < 1.29 is 8.83 Å². The van der Waals surface area contributed by atoms with Crippen LogP contribution in [0.5, 0.6) is 0 Å². The van der Waals surface area contributed by atoms with Crippen molar-refractivity contribution in [2.24, 2.45) is 0 Å². The van der Waals surface area contributed by atoms with Gasteiger partial charge in [0.1, 0.15) is 0 Å². The Hall–Kier alpha value is -1.91. The summed E-state index contributed by atoms with van der Waals surface area (Å²) in [6.45, 7) is 4.06. The van der Waals surface area contributed by atoms with E-state index in [0.29, 0.717) is 17.5 Å². The molecule has 0 bridgehead atoms. The lowest BCUT2D eigenvalue weighted by atomic mass is 10.1. The zero-order chi connectivity index (χ0) is 11.4. The first-order valence-electron chi connectivity index (χ1n) is 5.20. The Kier molecular flexibility index (Phi) is 3.14. The molecule has 0 amide bonds. The summed E-state index contributed by atoms with van der Waals surface area (Å²) in [5, 5.41) is 7.35. The maximum Gasteiger partial charge on any atom is 0.285 e. The van der Waals surface area contributed by atoms with Crippen molar-refractivity contribution in [3.8, 4) is 11.7 Å². The average molecular weight is 219 g/mol. The molecule has 1 atom stereocenters. The van der Waals surface area contributed by atoms with Gasteiger partial charge in [0.05, 0.1) is 12.1 Å². The van der Waals surface area contributed by atoms with Crippen LogP contribution in [0.4, 0.5) is 0 Å². The van der Waals surface area contributed by atoms with E-state index in [1.54, 1.807) is 6.20 Å². The Labute approximate surface area is 93.2 Å². The van der Waals surface area contributed by atoms with Gasteiger partial charge in [-0.05, 0) is 13.3 Å². The molecule has 5 heteroatoms. The van der Waals surface area contributed by atoms with Crippen molar-refractivity contribution in [2.45, 2.75) is 26.2 Å². The molecule has 5 nitrogen and oxygen atoms in total. The minimum absolute atomic E-state index is 0.196. The molecule has 2 aromatic rings. The molecule has 2 heterocycles. The Morgan fingerprint density at radius 3 is 3.00 bits per heavy atom. The molecule has 0 fully saturated rings. The maximum atomic E-state index is 5.58. The van der Waals surface area contributed by atoms with Crippen molar-refractivity contribution >= 4 is 0 Å². The van der Waals surface area contributed by atoms with Gasteiger partial charge in [-0.2, -0.15) is 0 Å². The molecule has 0 radical (unpaired) electrons. The predicted molar refractivity (Wildman–Crippen MR) is 57.6 cm³/mol. The van der Waals surface area contributed by atoms with Crippen molar-refractivity contribution in [1.29, 1.82) is 0 Å². The van der Waals surface area contributed by atoms with Crippen LogP contribution in [-0.4, -0.2) is 15.2 Å². The van der Waals surface area contributed by atoms with Crippen LogP contribution >= 0.6 is 0 Å². The third-order valence-electron chi connectivity index (χ3n) is 2.28. The van der Waals surface area contributed by atoms with Crippen LogP contribution in [0, 0.1) is 0 Å². The van der Waals surface area contributed by atoms with E-state index in [9.17, 15) is 0 Å². The van der Waals surface area contributed by atoms with E-state index in [1.165, 1.54) is 6.39 Å². The van der Waals surface area contributed by atoms with Gasteiger partial charge in [-0.15, -0.1) is 10.2 Å². The number of hydrogen-bond acceptors (Lipinski definition) is 5. The summed E-state index contributed by atoms with van der Waals surface area (Å²) in [6.07, 6.45) is 7.86. The van der Waals surface area contributed by atoms with Crippen LogP contribution < -0.4 is 0 Å². The highest BCUT2D eigenvalue weighted by molar-refractivity contribution is 5.40. The fourth-order valence-corrected chi connectivity index (χ4v) is 1.46. The molecule has 16 heavy (non-hydrogen) atoms. The number of hydrogen-bond donors (Lipinski definition) is 0. The highest BCUT2D eigenvalue weighted by atomic mass is 16.4. The lowest BCUT2D eigenvalue weighted by Gasteiger charge is -2.03. The quantitative estimate of drug-likeness (QED) is 0.740. The summed E-state index contributed by atoms with van der Waals surface area (Å²) >= 11 is 0. The predicted octanol–water partition coefficient (Wildman–Crippen LogP) is 2.79. The van der Waals surface area contributed by atoms with Crippen molar-refractivity contribution in [3.05, 3.63) is 30.6 Å². The molecule has 0 N–H and O–H groups in total. The second-order valence-electron chi connectivity index (χ2n) is 3.35. The molecule has 0 aromatic carbocycles. The third-order valence-corrected chi connectivity index (χ3v) is 2.28. The number of oxazole rings is 1. The van der Waals surface area contributed by atoms with Crippen LogP contribution in [0.2, 0.25) is 0 Å². The van der Waals surface area contributed by atoms with Gasteiger partial charge >= 0.3 is 0 Å². The van der Waals surface area contributed by atoms with Crippen molar-refractivity contribution in [1.82, 2.24) is 15.2 Å². The largest absolute Gasteiger partial charge is 0.435 e. The van der Waals surface area contributed by atoms with Crippen LogP contribution in [0.1, 0.15) is 32.1 Å². The van der Waals surface area contributed by atoms with Crippen molar-refractivity contribution in [3.63, 3.8) is 0 Å². The Morgan fingerprint density at radius 1 is 1.50 bits per heavy atom. The topological polar surface area (TPSA) is 65.0 Å². The standard InChI is InChI=1S/C11H13N3O2/c1-3-5-8(4-2)10-12-6-9(16-10)11-14-13-7-15-11/h3,5-8H,4H2,1-2H3/b5-3-. The molecular formula is C11H13N3O2. The minimum atomic E-state index is 0.196. The van der Waals surface area contributed by atoms with E-state index in [1.807, 2.05) is 13.0 Å². The summed E-state index contributed by atoms with van der Waals surface area (Å²) in [4.78, 5) is 4.22. The Morgan fingerprint density at radius 2 is 2.38 bits per heavy atom. The van der Waals surface area contributed by atoms with Crippen LogP contribution in [0.3, 0.4) is 0 Å². The van der Waals surface area contributed by atoms with Gasteiger partial charge in [-0.1, -0.05) is 19.1 Å². The van der Waals surface area contributed by atoms with Crippen LogP contribution in [0.25, 0.3) is 11.7 Å². The molecule has 84 valence electrons. The van der Waals surface area contributed by atoms with Gasteiger partial charge in [-0.3, -0.25) is 0 Å². The smallest absolute Gasteiger partial charge is 0.285 e. The first kappa shape index (κ1) is 10.6. The first-order chi connectivity index (χ1) is 7.85. The maximum absolute atomic E-state index is 5.58. The Balaban J connectivity index is 2.25. The molecule has 0 spiro atoms. The van der Waals surface area contributed by atoms with Gasteiger partial charge in [0.15, 0.2) is 0 Å². The minimum Gasteiger partial charge on any atom is -0.435 e. The van der Waals surface area contributed by atoms with E-state index in [4.69, 9.17) is 8.83 Å².